The van der Waals surface area contributed by atoms with Gasteiger partial charge in [-0.1, -0.05) is 0 Å². The fourth-order valence-corrected chi connectivity index (χ4v) is 5.48. The Balaban J connectivity index is 1.87. The number of aliphatic carboxylic acids is 1. The van der Waals surface area contributed by atoms with Gasteiger partial charge in [-0.3, -0.25) is 4.79 Å². The molecule has 0 aromatic heterocycles. The quantitative estimate of drug-likeness (QED) is 0.797. The van der Waals surface area contributed by atoms with Gasteiger partial charge in [0.2, 0.25) is 5.91 Å². The fraction of sp³-hybridized carbons (Fsp3) is 0.857. The summed E-state index contributed by atoms with van der Waals surface area (Å²) >= 11 is 0. The van der Waals surface area contributed by atoms with Crippen molar-refractivity contribution in [1.82, 2.24) is 5.32 Å². The van der Waals surface area contributed by atoms with E-state index in [1.54, 1.807) is 6.92 Å². The van der Waals surface area contributed by atoms with Gasteiger partial charge in [-0.25, -0.2) is 0 Å². The molecule has 0 spiro atoms. The van der Waals surface area contributed by atoms with Crippen LogP contribution in [0.2, 0.25) is 0 Å². The Labute approximate surface area is 107 Å². The normalized spacial score (nSPS) is 44.9. The summed E-state index contributed by atoms with van der Waals surface area (Å²) < 4.78 is 0. The summed E-state index contributed by atoms with van der Waals surface area (Å²) in [5, 5.41) is 14.1. The minimum atomic E-state index is -0.935. The van der Waals surface area contributed by atoms with E-state index in [-0.39, 0.29) is 23.3 Å². The average Bonchev–Trinajstić information content (AvgIpc) is 2.08. The van der Waals surface area contributed by atoms with E-state index < -0.39 is 5.97 Å². The number of amides is 1. The van der Waals surface area contributed by atoms with Crippen molar-refractivity contribution in [3.63, 3.8) is 0 Å². The Hall–Kier alpha value is -1.06. The first-order valence-corrected chi connectivity index (χ1v) is 6.89. The molecular formula is C14H20NO3-. The van der Waals surface area contributed by atoms with Crippen molar-refractivity contribution < 1.29 is 14.7 Å². The second-order valence-corrected chi connectivity index (χ2v) is 6.97. The molecular weight excluding hydrogens is 230 g/mol. The summed E-state index contributed by atoms with van der Waals surface area (Å²) in [6, 6.07) is 0. The van der Waals surface area contributed by atoms with Crippen LogP contribution in [0.3, 0.4) is 0 Å². The van der Waals surface area contributed by atoms with Crippen molar-refractivity contribution in [3.05, 3.63) is 0 Å². The zero-order valence-electron chi connectivity index (χ0n) is 10.8. The van der Waals surface area contributed by atoms with Gasteiger partial charge in [0.05, 0.1) is 0 Å². The van der Waals surface area contributed by atoms with Gasteiger partial charge in [0, 0.05) is 18.4 Å². The number of hydrogen-bond acceptors (Lipinski definition) is 3. The third-order valence-corrected chi connectivity index (χ3v) is 5.14. The molecule has 1 N–H and O–H groups in total. The summed E-state index contributed by atoms with van der Waals surface area (Å²) in [6.45, 7) is 1.56. The topological polar surface area (TPSA) is 69.2 Å². The Bertz CT molecular complexity index is 356. The first-order valence-electron chi connectivity index (χ1n) is 6.89. The number of carbonyl (C=O) groups is 2. The Morgan fingerprint density at radius 1 is 1.22 bits per heavy atom. The number of carboxylic acids is 1. The zero-order valence-corrected chi connectivity index (χ0v) is 10.8. The average molecular weight is 250 g/mol. The molecule has 4 rings (SSSR count). The van der Waals surface area contributed by atoms with Crippen LogP contribution < -0.4 is 10.4 Å². The van der Waals surface area contributed by atoms with E-state index in [1.165, 1.54) is 6.42 Å². The fourth-order valence-electron chi connectivity index (χ4n) is 5.48. The van der Waals surface area contributed by atoms with E-state index in [9.17, 15) is 14.7 Å². The zero-order chi connectivity index (χ0) is 13.0. The highest BCUT2D eigenvalue weighted by molar-refractivity contribution is 5.74. The molecule has 18 heavy (non-hydrogen) atoms. The van der Waals surface area contributed by atoms with Crippen molar-refractivity contribution in [2.45, 2.75) is 57.4 Å². The molecule has 4 nitrogen and oxygen atoms in total. The predicted molar refractivity (Wildman–Crippen MR) is 63.3 cm³/mol. The van der Waals surface area contributed by atoms with Gasteiger partial charge in [-0.2, -0.15) is 0 Å². The van der Waals surface area contributed by atoms with E-state index in [4.69, 9.17) is 0 Å². The lowest BCUT2D eigenvalue weighted by molar-refractivity contribution is -0.310. The molecule has 4 atom stereocenters. The molecule has 0 saturated heterocycles. The molecule has 4 fully saturated rings. The van der Waals surface area contributed by atoms with Crippen LogP contribution in [-0.4, -0.2) is 17.4 Å². The third-order valence-electron chi connectivity index (χ3n) is 5.14. The van der Waals surface area contributed by atoms with Gasteiger partial charge in [0.25, 0.3) is 0 Å². The van der Waals surface area contributed by atoms with Gasteiger partial charge < -0.3 is 15.2 Å². The molecule has 4 aliphatic rings. The maximum atomic E-state index is 11.4. The first kappa shape index (κ1) is 12.0. The Morgan fingerprint density at radius 2 is 1.83 bits per heavy atom. The van der Waals surface area contributed by atoms with Crippen molar-refractivity contribution >= 4 is 11.9 Å². The minimum absolute atomic E-state index is 0.0144. The van der Waals surface area contributed by atoms with Crippen LogP contribution in [0.15, 0.2) is 0 Å². The molecule has 0 aromatic rings. The highest BCUT2D eigenvalue weighted by Gasteiger charge is 2.57. The Kier molecular flexibility index (Phi) is 2.48. The molecule has 4 heteroatoms. The molecule has 0 aromatic carbocycles. The van der Waals surface area contributed by atoms with Gasteiger partial charge in [0.15, 0.2) is 0 Å². The van der Waals surface area contributed by atoms with E-state index >= 15 is 0 Å². The molecule has 2 unspecified atom stereocenters. The van der Waals surface area contributed by atoms with Gasteiger partial charge in [-0.15, -0.1) is 0 Å². The number of hydrogen-bond donors (Lipinski definition) is 1. The molecule has 100 valence electrons. The van der Waals surface area contributed by atoms with Crippen LogP contribution in [0.4, 0.5) is 0 Å². The molecule has 1 amide bonds. The lowest BCUT2D eigenvalue weighted by Gasteiger charge is -2.62. The molecule has 4 aliphatic carbocycles. The molecule has 0 aliphatic heterocycles. The van der Waals surface area contributed by atoms with Crippen LogP contribution in [0.1, 0.15) is 51.9 Å². The number of carbonyl (C=O) groups excluding carboxylic acids is 2. The second-order valence-electron chi connectivity index (χ2n) is 6.97. The maximum Gasteiger partial charge on any atom is 0.217 e. The van der Waals surface area contributed by atoms with Crippen LogP contribution in [0.25, 0.3) is 0 Å². The van der Waals surface area contributed by atoms with Gasteiger partial charge in [-0.05, 0) is 62.2 Å². The summed E-state index contributed by atoms with van der Waals surface area (Å²) in [6.07, 6.45) is 6.32. The summed E-state index contributed by atoms with van der Waals surface area (Å²) in [7, 11) is 0. The van der Waals surface area contributed by atoms with E-state index in [0.29, 0.717) is 11.8 Å². The summed E-state index contributed by atoms with van der Waals surface area (Å²) in [5.74, 6) is 0.269. The monoisotopic (exact) mass is 250 g/mol. The van der Waals surface area contributed by atoms with Crippen molar-refractivity contribution in [2.75, 3.05) is 0 Å². The van der Waals surface area contributed by atoms with Crippen molar-refractivity contribution in [2.24, 2.45) is 17.3 Å². The molecule has 0 radical (unpaired) electrons. The van der Waals surface area contributed by atoms with Crippen LogP contribution in [-0.2, 0) is 9.59 Å². The van der Waals surface area contributed by atoms with Crippen LogP contribution in [0.5, 0.6) is 0 Å². The van der Waals surface area contributed by atoms with Crippen molar-refractivity contribution in [3.8, 4) is 0 Å². The first-order chi connectivity index (χ1) is 8.40. The van der Waals surface area contributed by atoms with Crippen LogP contribution >= 0.6 is 0 Å². The SMILES string of the molecule is CC(=O)NC12C[C@@H]3C[C@@H](CC(CC(=O)[O-])(C3)C1)C2. The minimum Gasteiger partial charge on any atom is -0.550 e. The highest BCUT2D eigenvalue weighted by Crippen LogP contribution is 2.62. The standard InChI is InChI=1S/C14H21NO3/c1-9(16)15-14-5-10-2-11(6-14)4-13(3-10,8-14)7-12(17)18/h10-11H,2-8H2,1H3,(H,15,16)(H,17,18)/p-1/t10-,11+,13?,14?. The van der Waals surface area contributed by atoms with E-state index in [2.05, 4.69) is 5.32 Å². The van der Waals surface area contributed by atoms with Gasteiger partial charge >= 0.3 is 0 Å². The van der Waals surface area contributed by atoms with E-state index in [0.717, 1.165) is 32.1 Å². The molecule has 4 bridgehead atoms. The van der Waals surface area contributed by atoms with E-state index in [1.807, 2.05) is 0 Å². The summed E-state index contributed by atoms with van der Waals surface area (Å²) in [4.78, 5) is 22.4. The predicted octanol–water partition coefficient (Wildman–Crippen LogP) is 0.601. The number of rotatable bonds is 3. The number of nitrogens with one attached hydrogen (secondary N) is 1. The molecule has 4 saturated carbocycles. The molecule has 0 heterocycles. The lowest BCUT2D eigenvalue weighted by atomic mass is 9.46. The summed E-state index contributed by atoms with van der Waals surface area (Å²) in [5.41, 5.74) is -0.225. The highest BCUT2D eigenvalue weighted by atomic mass is 16.4. The number of carboxylic acid groups (broad SMARTS) is 1. The lowest BCUT2D eigenvalue weighted by Crippen LogP contribution is -2.63. The maximum absolute atomic E-state index is 11.4. The Morgan fingerprint density at radius 3 is 2.33 bits per heavy atom. The largest absolute Gasteiger partial charge is 0.550 e. The van der Waals surface area contributed by atoms with Crippen LogP contribution in [0, 0.1) is 17.3 Å². The van der Waals surface area contributed by atoms with Crippen molar-refractivity contribution in [1.29, 1.82) is 0 Å². The van der Waals surface area contributed by atoms with Gasteiger partial charge in [0.1, 0.15) is 0 Å². The third kappa shape index (κ3) is 1.91. The smallest absolute Gasteiger partial charge is 0.217 e. The second kappa shape index (κ2) is 3.72.